The molecule has 0 aromatic heterocycles. The minimum absolute atomic E-state index is 0.0248. The van der Waals surface area contributed by atoms with Gasteiger partial charge in [0.1, 0.15) is 0 Å². The molecule has 212 valence electrons. The van der Waals surface area contributed by atoms with Gasteiger partial charge < -0.3 is 10.2 Å². The van der Waals surface area contributed by atoms with Gasteiger partial charge >= 0.3 is 0 Å². The Morgan fingerprint density at radius 1 is 0.756 bits per heavy atom. The van der Waals surface area contributed by atoms with E-state index in [0.29, 0.717) is 13.0 Å². The third kappa shape index (κ3) is 6.47. The number of piperidine rings is 1. The maximum Gasteiger partial charge on any atom is 0.220 e. The van der Waals surface area contributed by atoms with E-state index in [1.165, 1.54) is 27.8 Å². The summed E-state index contributed by atoms with van der Waals surface area (Å²) in [6, 6.07) is 42.1. The maximum atomic E-state index is 12.5. The van der Waals surface area contributed by atoms with Gasteiger partial charge in [-0.3, -0.25) is 4.79 Å². The van der Waals surface area contributed by atoms with Crippen molar-refractivity contribution in [3.63, 3.8) is 0 Å². The van der Waals surface area contributed by atoms with Gasteiger partial charge in [0.25, 0.3) is 0 Å². The van der Waals surface area contributed by atoms with Crippen molar-refractivity contribution in [1.29, 1.82) is 0 Å². The topological polar surface area (TPSA) is 32.3 Å². The van der Waals surface area contributed by atoms with Crippen molar-refractivity contribution in [2.75, 3.05) is 26.2 Å². The SMILES string of the molecule is CCCC(=O)NCC1(c2ccc(C)cc2)CCN(CCC(c2ccccc2)(c2ccccc2)c2ccccc2)CC1. The molecule has 5 rings (SSSR count). The van der Waals surface area contributed by atoms with E-state index < -0.39 is 0 Å². The third-order valence-electron chi connectivity index (χ3n) is 9.18. The lowest BCUT2D eigenvalue weighted by Gasteiger charge is -2.44. The number of likely N-dealkylation sites (tertiary alicyclic amines) is 1. The number of amides is 1. The Labute approximate surface area is 246 Å². The van der Waals surface area contributed by atoms with Crippen LogP contribution in [0.25, 0.3) is 0 Å². The van der Waals surface area contributed by atoms with Crippen molar-refractivity contribution in [3.05, 3.63) is 143 Å². The summed E-state index contributed by atoms with van der Waals surface area (Å²) < 4.78 is 0. The standard InChI is InChI=1S/C38H44N2O/c1-3-13-36(41)39-30-37(32-22-20-31(2)21-23-32)24-27-40(28-25-37)29-26-38(33-14-7-4-8-15-33,34-16-9-5-10-17-34)35-18-11-6-12-19-35/h4-12,14-23H,3,13,24-30H2,1-2H3,(H,39,41). The Bertz CT molecular complexity index is 1260. The van der Waals surface area contributed by atoms with Crippen LogP contribution in [0.1, 0.15) is 66.8 Å². The molecule has 3 heteroatoms. The molecule has 1 heterocycles. The van der Waals surface area contributed by atoms with Crippen LogP contribution in [-0.2, 0) is 15.6 Å². The predicted molar refractivity (Wildman–Crippen MR) is 170 cm³/mol. The van der Waals surface area contributed by atoms with Crippen LogP contribution >= 0.6 is 0 Å². The molecule has 3 nitrogen and oxygen atoms in total. The molecule has 0 spiro atoms. The highest BCUT2D eigenvalue weighted by molar-refractivity contribution is 5.75. The molecule has 0 radical (unpaired) electrons. The van der Waals surface area contributed by atoms with Gasteiger partial charge in [0, 0.05) is 23.8 Å². The third-order valence-corrected chi connectivity index (χ3v) is 9.18. The molecule has 41 heavy (non-hydrogen) atoms. The molecule has 4 aromatic rings. The Kier molecular flexibility index (Phi) is 9.36. The number of aryl methyl sites for hydroxylation is 1. The first-order valence-electron chi connectivity index (χ1n) is 15.3. The molecule has 0 atom stereocenters. The fourth-order valence-electron chi connectivity index (χ4n) is 6.69. The number of carbonyl (C=O) groups excluding carboxylic acids is 1. The van der Waals surface area contributed by atoms with Gasteiger partial charge in [-0.05, 0) is 74.5 Å². The second kappa shape index (κ2) is 13.3. The Morgan fingerprint density at radius 3 is 1.71 bits per heavy atom. The van der Waals surface area contributed by atoms with E-state index in [0.717, 1.165) is 45.3 Å². The van der Waals surface area contributed by atoms with Crippen molar-refractivity contribution in [1.82, 2.24) is 10.2 Å². The summed E-state index contributed by atoms with van der Waals surface area (Å²) in [5.74, 6) is 0.166. The molecule has 0 unspecified atom stereocenters. The van der Waals surface area contributed by atoms with E-state index >= 15 is 0 Å². The highest BCUT2D eigenvalue weighted by Crippen LogP contribution is 2.43. The Morgan fingerprint density at radius 2 is 1.24 bits per heavy atom. The molecule has 1 N–H and O–H groups in total. The van der Waals surface area contributed by atoms with Crippen LogP contribution in [0.4, 0.5) is 0 Å². The predicted octanol–water partition coefficient (Wildman–Crippen LogP) is 7.67. The van der Waals surface area contributed by atoms with Gasteiger partial charge in [-0.25, -0.2) is 0 Å². The second-order valence-corrected chi connectivity index (χ2v) is 11.8. The number of carbonyl (C=O) groups is 1. The fraction of sp³-hybridized carbons (Fsp3) is 0.342. The molecule has 4 aromatic carbocycles. The summed E-state index contributed by atoms with van der Waals surface area (Å²) in [7, 11) is 0. The van der Waals surface area contributed by atoms with Gasteiger partial charge in [-0.15, -0.1) is 0 Å². The zero-order valence-electron chi connectivity index (χ0n) is 24.7. The van der Waals surface area contributed by atoms with Crippen LogP contribution in [0.2, 0.25) is 0 Å². The maximum absolute atomic E-state index is 12.5. The molecule has 1 aliphatic heterocycles. The Hall–Kier alpha value is -3.69. The molecule has 0 aliphatic carbocycles. The van der Waals surface area contributed by atoms with Crippen LogP contribution in [0.15, 0.2) is 115 Å². The van der Waals surface area contributed by atoms with Crippen molar-refractivity contribution >= 4 is 5.91 Å². The number of hydrogen-bond donors (Lipinski definition) is 1. The van der Waals surface area contributed by atoms with Crippen molar-refractivity contribution in [3.8, 4) is 0 Å². The molecule has 0 bridgehead atoms. The number of hydrogen-bond acceptors (Lipinski definition) is 2. The summed E-state index contributed by atoms with van der Waals surface area (Å²) in [4.78, 5) is 15.1. The lowest BCUT2D eigenvalue weighted by Crippen LogP contribution is -2.49. The largest absolute Gasteiger partial charge is 0.355 e. The fourth-order valence-corrected chi connectivity index (χ4v) is 6.69. The minimum Gasteiger partial charge on any atom is -0.355 e. The summed E-state index contributed by atoms with van der Waals surface area (Å²) in [6.45, 7) is 7.96. The lowest BCUT2D eigenvalue weighted by molar-refractivity contribution is -0.121. The van der Waals surface area contributed by atoms with E-state index in [-0.39, 0.29) is 16.7 Å². The molecule has 1 fully saturated rings. The van der Waals surface area contributed by atoms with E-state index in [1.807, 2.05) is 0 Å². The average Bonchev–Trinajstić information content (AvgIpc) is 3.03. The van der Waals surface area contributed by atoms with Gasteiger partial charge in [-0.1, -0.05) is 128 Å². The zero-order valence-corrected chi connectivity index (χ0v) is 24.7. The van der Waals surface area contributed by atoms with Gasteiger partial charge in [0.05, 0.1) is 0 Å². The smallest absolute Gasteiger partial charge is 0.220 e. The summed E-state index contributed by atoms with van der Waals surface area (Å²) in [6.07, 6.45) is 4.55. The van der Waals surface area contributed by atoms with Gasteiger partial charge in [-0.2, -0.15) is 0 Å². The monoisotopic (exact) mass is 544 g/mol. The summed E-state index contributed by atoms with van der Waals surface area (Å²) in [5, 5.41) is 3.29. The number of rotatable bonds is 11. The first-order valence-corrected chi connectivity index (χ1v) is 15.3. The molecule has 1 aliphatic rings. The van der Waals surface area contributed by atoms with Crippen LogP contribution in [0.5, 0.6) is 0 Å². The minimum atomic E-state index is -0.233. The molecular formula is C38H44N2O. The quantitative estimate of drug-likeness (QED) is 0.197. The first kappa shape index (κ1) is 28.8. The highest BCUT2D eigenvalue weighted by Gasteiger charge is 2.39. The van der Waals surface area contributed by atoms with Crippen molar-refractivity contribution < 1.29 is 4.79 Å². The number of nitrogens with zero attached hydrogens (tertiary/aromatic N) is 1. The van der Waals surface area contributed by atoms with Crippen LogP contribution < -0.4 is 5.32 Å². The Balaban J connectivity index is 1.40. The second-order valence-electron chi connectivity index (χ2n) is 11.8. The number of benzene rings is 4. The van der Waals surface area contributed by atoms with E-state index in [9.17, 15) is 4.79 Å². The molecule has 1 saturated heterocycles. The van der Waals surface area contributed by atoms with Crippen LogP contribution in [0, 0.1) is 6.92 Å². The first-order chi connectivity index (χ1) is 20.1. The highest BCUT2D eigenvalue weighted by atomic mass is 16.1. The van der Waals surface area contributed by atoms with E-state index in [1.54, 1.807) is 0 Å². The summed E-state index contributed by atoms with van der Waals surface area (Å²) in [5.41, 5.74) is 6.38. The van der Waals surface area contributed by atoms with Crippen LogP contribution in [-0.4, -0.2) is 37.0 Å². The normalized spacial score (nSPS) is 15.4. The van der Waals surface area contributed by atoms with Gasteiger partial charge in [0.2, 0.25) is 5.91 Å². The molecular weight excluding hydrogens is 500 g/mol. The lowest BCUT2D eigenvalue weighted by atomic mass is 9.67. The van der Waals surface area contributed by atoms with Gasteiger partial charge in [0.15, 0.2) is 0 Å². The van der Waals surface area contributed by atoms with E-state index in [2.05, 4.69) is 139 Å². The molecule has 1 amide bonds. The molecule has 0 saturated carbocycles. The zero-order chi connectivity index (χ0) is 28.5. The van der Waals surface area contributed by atoms with E-state index in [4.69, 9.17) is 0 Å². The average molecular weight is 545 g/mol. The summed E-state index contributed by atoms with van der Waals surface area (Å²) >= 11 is 0. The number of nitrogens with one attached hydrogen (secondary N) is 1. The van der Waals surface area contributed by atoms with Crippen molar-refractivity contribution in [2.24, 2.45) is 0 Å². The van der Waals surface area contributed by atoms with Crippen LogP contribution in [0.3, 0.4) is 0 Å². The van der Waals surface area contributed by atoms with Crippen molar-refractivity contribution in [2.45, 2.75) is 56.8 Å².